The maximum atomic E-state index is 5.69. The quantitative estimate of drug-likeness (QED) is 0.866. The predicted molar refractivity (Wildman–Crippen MR) is 64.9 cm³/mol. The van der Waals surface area contributed by atoms with Crippen molar-refractivity contribution in [2.75, 3.05) is 18.5 Å². The second kappa shape index (κ2) is 4.58. The van der Waals surface area contributed by atoms with Gasteiger partial charge in [-0.3, -0.25) is 4.98 Å². The van der Waals surface area contributed by atoms with Crippen LogP contribution >= 0.6 is 0 Å². The Morgan fingerprint density at radius 1 is 1.41 bits per heavy atom. The monoisotopic (exact) mass is 237 g/mol. The van der Waals surface area contributed by atoms with Gasteiger partial charge in [-0.25, -0.2) is 4.98 Å². The third kappa shape index (κ3) is 3.14. The van der Waals surface area contributed by atoms with Crippen LogP contribution in [0, 0.1) is 13.8 Å². The van der Waals surface area contributed by atoms with Gasteiger partial charge in [0.1, 0.15) is 11.9 Å². The van der Waals surface area contributed by atoms with E-state index in [1.54, 1.807) is 6.20 Å². The molecular formula is C12H19N3O2. The van der Waals surface area contributed by atoms with E-state index in [-0.39, 0.29) is 6.10 Å². The van der Waals surface area contributed by atoms with E-state index in [0.717, 1.165) is 17.2 Å². The molecule has 94 valence electrons. The standard InChI is InChI=1S/C12H19N3O2/c1-8-9(2)15-11(6-13-8)14-5-10-7-16-12(3,4)17-10/h6,10H,5,7H2,1-4H3,(H,14,15). The Hall–Kier alpha value is -1.20. The van der Waals surface area contributed by atoms with E-state index in [4.69, 9.17) is 9.47 Å². The van der Waals surface area contributed by atoms with Crippen LogP contribution in [0.4, 0.5) is 5.82 Å². The first-order chi connectivity index (χ1) is 7.96. The first kappa shape index (κ1) is 12.3. The Bertz CT molecular complexity index is 407. The Kier molecular flexibility index (Phi) is 3.31. The second-order valence-electron chi connectivity index (χ2n) is 4.76. The average Bonchev–Trinajstić information content (AvgIpc) is 2.60. The molecule has 0 spiro atoms. The lowest BCUT2D eigenvalue weighted by Crippen LogP contribution is -2.26. The number of rotatable bonds is 3. The van der Waals surface area contributed by atoms with E-state index in [2.05, 4.69) is 15.3 Å². The molecule has 1 aliphatic heterocycles. The van der Waals surface area contributed by atoms with Crippen molar-refractivity contribution in [3.8, 4) is 0 Å². The molecular weight excluding hydrogens is 218 g/mol. The van der Waals surface area contributed by atoms with Gasteiger partial charge in [-0.15, -0.1) is 0 Å². The van der Waals surface area contributed by atoms with E-state index in [0.29, 0.717) is 13.2 Å². The molecule has 1 saturated heterocycles. The van der Waals surface area contributed by atoms with Gasteiger partial charge >= 0.3 is 0 Å². The number of ether oxygens (including phenoxy) is 2. The Labute approximate surface area is 102 Å². The molecule has 0 aromatic carbocycles. The molecule has 1 fully saturated rings. The molecule has 0 aliphatic carbocycles. The fourth-order valence-electron chi connectivity index (χ4n) is 1.71. The maximum absolute atomic E-state index is 5.69. The summed E-state index contributed by atoms with van der Waals surface area (Å²) < 4.78 is 11.2. The van der Waals surface area contributed by atoms with Crippen LogP contribution in [-0.4, -0.2) is 35.0 Å². The van der Waals surface area contributed by atoms with Gasteiger partial charge in [-0.1, -0.05) is 0 Å². The summed E-state index contributed by atoms with van der Waals surface area (Å²) in [7, 11) is 0. The average molecular weight is 237 g/mol. The summed E-state index contributed by atoms with van der Waals surface area (Å²) in [5.41, 5.74) is 1.90. The van der Waals surface area contributed by atoms with Gasteiger partial charge in [0.25, 0.3) is 0 Å². The van der Waals surface area contributed by atoms with Gasteiger partial charge in [0.05, 0.1) is 24.2 Å². The van der Waals surface area contributed by atoms with Crippen LogP contribution in [0.1, 0.15) is 25.2 Å². The molecule has 2 heterocycles. The summed E-state index contributed by atoms with van der Waals surface area (Å²) in [4.78, 5) is 8.66. The highest BCUT2D eigenvalue weighted by Crippen LogP contribution is 2.22. The number of nitrogens with one attached hydrogen (secondary N) is 1. The lowest BCUT2D eigenvalue weighted by atomic mass is 10.3. The molecule has 5 nitrogen and oxygen atoms in total. The molecule has 0 bridgehead atoms. The fourth-order valence-corrected chi connectivity index (χ4v) is 1.71. The van der Waals surface area contributed by atoms with Crippen LogP contribution in [0.5, 0.6) is 0 Å². The summed E-state index contributed by atoms with van der Waals surface area (Å²) in [6.45, 7) is 9.03. The van der Waals surface area contributed by atoms with E-state index in [1.807, 2.05) is 27.7 Å². The van der Waals surface area contributed by atoms with Gasteiger partial charge in [0.2, 0.25) is 0 Å². The molecule has 5 heteroatoms. The van der Waals surface area contributed by atoms with Crippen molar-refractivity contribution in [3.63, 3.8) is 0 Å². The summed E-state index contributed by atoms with van der Waals surface area (Å²) in [5, 5.41) is 3.21. The number of aromatic nitrogens is 2. The minimum absolute atomic E-state index is 0.0633. The molecule has 1 aliphatic rings. The highest BCUT2D eigenvalue weighted by molar-refractivity contribution is 5.33. The van der Waals surface area contributed by atoms with Crippen molar-refractivity contribution in [2.45, 2.75) is 39.6 Å². The summed E-state index contributed by atoms with van der Waals surface area (Å²) >= 11 is 0. The first-order valence-electron chi connectivity index (χ1n) is 5.82. The lowest BCUT2D eigenvalue weighted by Gasteiger charge is -2.17. The van der Waals surface area contributed by atoms with Crippen LogP contribution in [-0.2, 0) is 9.47 Å². The van der Waals surface area contributed by atoms with Crippen molar-refractivity contribution in [1.29, 1.82) is 0 Å². The number of aryl methyl sites for hydroxylation is 2. The molecule has 1 unspecified atom stereocenters. The molecule has 0 saturated carbocycles. The Morgan fingerprint density at radius 3 is 2.76 bits per heavy atom. The molecule has 17 heavy (non-hydrogen) atoms. The molecule has 1 aromatic heterocycles. The molecule has 0 amide bonds. The van der Waals surface area contributed by atoms with E-state index < -0.39 is 5.79 Å². The van der Waals surface area contributed by atoms with E-state index in [1.165, 1.54) is 0 Å². The molecule has 2 rings (SSSR count). The number of anilines is 1. The number of nitrogens with zero attached hydrogens (tertiary/aromatic N) is 2. The largest absolute Gasteiger partial charge is 0.366 e. The van der Waals surface area contributed by atoms with Crippen molar-refractivity contribution < 1.29 is 9.47 Å². The zero-order chi connectivity index (χ0) is 12.5. The minimum Gasteiger partial charge on any atom is -0.366 e. The van der Waals surface area contributed by atoms with Gasteiger partial charge in [-0.2, -0.15) is 0 Å². The number of hydrogen-bond donors (Lipinski definition) is 1. The highest BCUT2D eigenvalue weighted by Gasteiger charge is 2.32. The van der Waals surface area contributed by atoms with Crippen molar-refractivity contribution >= 4 is 5.82 Å². The third-order valence-electron chi connectivity index (χ3n) is 2.77. The molecule has 0 radical (unpaired) electrons. The molecule has 1 N–H and O–H groups in total. The lowest BCUT2D eigenvalue weighted by molar-refractivity contribution is -0.136. The second-order valence-corrected chi connectivity index (χ2v) is 4.76. The fraction of sp³-hybridized carbons (Fsp3) is 0.667. The minimum atomic E-state index is -0.471. The third-order valence-corrected chi connectivity index (χ3v) is 2.77. The summed E-state index contributed by atoms with van der Waals surface area (Å²) in [6.07, 6.45) is 1.80. The first-order valence-corrected chi connectivity index (χ1v) is 5.82. The summed E-state index contributed by atoms with van der Waals surface area (Å²) in [5.74, 6) is 0.308. The van der Waals surface area contributed by atoms with Crippen LogP contribution < -0.4 is 5.32 Å². The van der Waals surface area contributed by atoms with Gasteiger partial charge < -0.3 is 14.8 Å². The number of hydrogen-bond acceptors (Lipinski definition) is 5. The van der Waals surface area contributed by atoms with Gasteiger partial charge in [0.15, 0.2) is 5.79 Å². The van der Waals surface area contributed by atoms with E-state index >= 15 is 0 Å². The zero-order valence-electron chi connectivity index (χ0n) is 10.8. The van der Waals surface area contributed by atoms with Crippen LogP contribution in [0.3, 0.4) is 0 Å². The normalized spacial score (nSPS) is 22.7. The maximum Gasteiger partial charge on any atom is 0.163 e. The van der Waals surface area contributed by atoms with Crippen LogP contribution in [0.15, 0.2) is 6.20 Å². The van der Waals surface area contributed by atoms with Crippen LogP contribution in [0.25, 0.3) is 0 Å². The Balaban J connectivity index is 1.88. The van der Waals surface area contributed by atoms with Gasteiger partial charge in [-0.05, 0) is 27.7 Å². The Morgan fingerprint density at radius 2 is 2.18 bits per heavy atom. The molecule has 1 atom stereocenters. The van der Waals surface area contributed by atoms with Crippen LogP contribution in [0.2, 0.25) is 0 Å². The topological polar surface area (TPSA) is 56.3 Å². The van der Waals surface area contributed by atoms with Gasteiger partial charge in [0, 0.05) is 6.54 Å². The molecule has 1 aromatic rings. The SMILES string of the molecule is Cc1ncc(NCC2COC(C)(C)O2)nc1C. The highest BCUT2D eigenvalue weighted by atomic mass is 16.7. The van der Waals surface area contributed by atoms with E-state index in [9.17, 15) is 0 Å². The predicted octanol–water partition coefficient (Wildman–Crippen LogP) is 1.66. The van der Waals surface area contributed by atoms with Crippen molar-refractivity contribution in [2.24, 2.45) is 0 Å². The summed E-state index contributed by atoms with van der Waals surface area (Å²) in [6, 6.07) is 0. The smallest absolute Gasteiger partial charge is 0.163 e. The zero-order valence-corrected chi connectivity index (χ0v) is 10.8. The van der Waals surface area contributed by atoms with Crippen molar-refractivity contribution in [3.05, 3.63) is 17.6 Å². The van der Waals surface area contributed by atoms with Crippen molar-refractivity contribution in [1.82, 2.24) is 9.97 Å².